The number of hydrogen-bond donors (Lipinski definition) is 1. The molecule has 23 heavy (non-hydrogen) atoms. The maximum Gasteiger partial charge on any atom is 0.271 e. The highest BCUT2D eigenvalue weighted by molar-refractivity contribution is 7.09. The van der Waals surface area contributed by atoms with Gasteiger partial charge in [0.1, 0.15) is 23.0 Å². The van der Waals surface area contributed by atoms with Crippen LogP contribution >= 0.6 is 11.3 Å². The molecule has 2 heterocycles. The van der Waals surface area contributed by atoms with Crippen LogP contribution in [-0.4, -0.2) is 16.0 Å². The Hall–Kier alpha value is -2.61. The summed E-state index contributed by atoms with van der Waals surface area (Å²) < 4.78 is 31.6. The number of carbonyl (C=O) groups is 1. The number of aromatic nitrogens is 2. The summed E-state index contributed by atoms with van der Waals surface area (Å²) in [6.07, 6.45) is 0. The first-order valence-electron chi connectivity index (χ1n) is 6.64. The molecule has 0 atom stereocenters. The number of rotatable bonds is 4. The highest BCUT2D eigenvalue weighted by Gasteiger charge is 2.14. The summed E-state index contributed by atoms with van der Waals surface area (Å²) in [5, 5.41) is 8.86. The lowest BCUT2D eigenvalue weighted by Gasteiger charge is -1.99. The Labute approximate surface area is 134 Å². The Bertz CT molecular complexity index is 860. The first kappa shape index (κ1) is 15.3. The average Bonchev–Trinajstić information content (AvgIpc) is 3.14. The molecular formula is C15H11F2N3O2S. The van der Waals surface area contributed by atoms with E-state index < -0.39 is 11.6 Å². The second-order valence-electron chi connectivity index (χ2n) is 4.74. The lowest BCUT2D eigenvalue weighted by atomic mass is 10.1. The van der Waals surface area contributed by atoms with Crippen LogP contribution in [0.15, 0.2) is 34.2 Å². The Morgan fingerprint density at radius 2 is 2.17 bits per heavy atom. The van der Waals surface area contributed by atoms with Crippen LogP contribution in [0.4, 0.5) is 8.78 Å². The summed E-state index contributed by atoms with van der Waals surface area (Å²) in [4.78, 5) is 15.9. The van der Waals surface area contributed by atoms with Gasteiger partial charge in [0.15, 0.2) is 5.76 Å². The van der Waals surface area contributed by atoms with Crippen LogP contribution in [0.2, 0.25) is 0 Å². The van der Waals surface area contributed by atoms with Crippen LogP contribution in [0, 0.1) is 18.6 Å². The van der Waals surface area contributed by atoms with Crippen LogP contribution in [0.5, 0.6) is 0 Å². The van der Waals surface area contributed by atoms with E-state index in [0.717, 1.165) is 17.1 Å². The topological polar surface area (TPSA) is 68.0 Å². The molecular weight excluding hydrogens is 324 g/mol. The Morgan fingerprint density at radius 3 is 2.87 bits per heavy atom. The van der Waals surface area contributed by atoms with Gasteiger partial charge < -0.3 is 9.84 Å². The fourth-order valence-corrected chi connectivity index (χ4v) is 2.53. The molecule has 5 nitrogen and oxygen atoms in total. The highest BCUT2D eigenvalue weighted by atomic mass is 32.1. The third kappa shape index (κ3) is 3.42. The van der Waals surface area contributed by atoms with E-state index in [1.807, 2.05) is 6.92 Å². The van der Waals surface area contributed by atoms with Gasteiger partial charge in [0.25, 0.3) is 5.91 Å². The van der Waals surface area contributed by atoms with E-state index in [4.69, 9.17) is 4.52 Å². The summed E-state index contributed by atoms with van der Waals surface area (Å²) in [5.41, 5.74) is 0.858. The Balaban J connectivity index is 1.69. The molecule has 118 valence electrons. The van der Waals surface area contributed by atoms with Gasteiger partial charge in [-0.1, -0.05) is 5.16 Å². The zero-order valence-electron chi connectivity index (χ0n) is 12.0. The number of nitrogens with one attached hydrogen (secondary N) is 1. The summed E-state index contributed by atoms with van der Waals surface area (Å²) >= 11 is 1.38. The Morgan fingerprint density at radius 1 is 1.35 bits per heavy atom. The lowest BCUT2D eigenvalue weighted by Crippen LogP contribution is -2.23. The number of nitrogens with zero attached hydrogens (tertiary/aromatic N) is 2. The molecule has 8 heteroatoms. The van der Waals surface area contributed by atoms with Crippen LogP contribution < -0.4 is 5.32 Å². The van der Waals surface area contributed by atoms with E-state index in [-0.39, 0.29) is 23.8 Å². The Kier molecular flexibility index (Phi) is 4.16. The first-order chi connectivity index (χ1) is 11.0. The number of thiazole rings is 1. The molecule has 0 saturated carbocycles. The fourth-order valence-electron chi connectivity index (χ4n) is 1.94. The first-order valence-corrected chi connectivity index (χ1v) is 7.52. The van der Waals surface area contributed by atoms with Crippen molar-refractivity contribution < 1.29 is 18.1 Å². The monoisotopic (exact) mass is 335 g/mol. The zero-order valence-corrected chi connectivity index (χ0v) is 12.8. The summed E-state index contributed by atoms with van der Waals surface area (Å²) in [7, 11) is 0. The minimum Gasteiger partial charge on any atom is -0.356 e. The van der Waals surface area contributed by atoms with E-state index in [9.17, 15) is 13.6 Å². The van der Waals surface area contributed by atoms with Crippen LogP contribution in [-0.2, 0) is 6.54 Å². The molecule has 2 aromatic heterocycles. The van der Waals surface area contributed by atoms with Gasteiger partial charge in [0, 0.05) is 17.5 Å². The van der Waals surface area contributed by atoms with Crippen molar-refractivity contribution in [1.82, 2.24) is 15.5 Å². The molecule has 0 spiro atoms. The third-order valence-electron chi connectivity index (χ3n) is 3.04. The second-order valence-corrected chi connectivity index (χ2v) is 5.80. The standard InChI is InChI=1S/C15H11F2N3O2S/c1-8-19-13(7-23-8)15(21)18-6-10-5-14(22-20-10)11-3-2-9(16)4-12(11)17/h2-5,7H,6H2,1H3,(H,18,21). The van der Waals surface area contributed by atoms with E-state index in [1.165, 1.54) is 23.5 Å². The third-order valence-corrected chi connectivity index (χ3v) is 3.81. The van der Waals surface area contributed by atoms with Crippen molar-refractivity contribution in [3.63, 3.8) is 0 Å². The van der Waals surface area contributed by atoms with Crippen molar-refractivity contribution in [2.75, 3.05) is 0 Å². The molecule has 0 fully saturated rings. The minimum absolute atomic E-state index is 0.103. The highest BCUT2D eigenvalue weighted by Crippen LogP contribution is 2.24. The minimum atomic E-state index is -0.741. The smallest absolute Gasteiger partial charge is 0.271 e. The number of amides is 1. The van der Waals surface area contributed by atoms with Crippen molar-refractivity contribution in [2.24, 2.45) is 0 Å². The molecule has 0 aliphatic rings. The van der Waals surface area contributed by atoms with Gasteiger partial charge >= 0.3 is 0 Å². The van der Waals surface area contributed by atoms with E-state index >= 15 is 0 Å². The molecule has 3 aromatic rings. The average molecular weight is 335 g/mol. The fraction of sp³-hybridized carbons (Fsp3) is 0.133. The van der Waals surface area contributed by atoms with Crippen LogP contribution in [0.25, 0.3) is 11.3 Å². The molecule has 0 saturated heterocycles. The molecule has 0 aliphatic heterocycles. The molecule has 1 aromatic carbocycles. The van der Waals surface area contributed by atoms with Crippen molar-refractivity contribution in [3.8, 4) is 11.3 Å². The normalized spacial score (nSPS) is 10.7. The van der Waals surface area contributed by atoms with Gasteiger partial charge in [-0.25, -0.2) is 13.8 Å². The number of benzene rings is 1. The van der Waals surface area contributed by atoms with Gasteiger partial charge in [-0.15, -0.1) is 11.3 Å². The van der Waals surface area contributed by atoms with Crippen molar-refractivity contribution in [2.45, 2.75) is 13.5 Å². The molecule has 0 unspecified atom stereocenters. The predicted octanol–water partition coefficient (Wildman–Crippen LogP) is 3.31. The molecule has 1 N–H and O–H groups in total. The van der Waals surface area contributed by atoms with Crippen LogP contribution in [0.3, 0.4) is 0 Å². The number of halogens is 2. The molecule has 1 amide bonds. The van der Waals surface area contributed by atoms with E-state index in [2.05, 4.69) is 15.5 Å². The molecule has 3 rings (SSSR count). The summed E-state index contributed by atoms with van der Waals surface area (Å²) in [5.74, 6) is -1.57. The predicted molar refractivity (Wildman–Crippen MR) is 79.9 cm³/mol. The van der Waals surface area contributed by atoms with Gasteiger partial charge in [-0.3, -0.25) is 4.79 Å². The quantitative estimate of drug-likeness (QED) is 0.794. The van der Waals surface area contributed by atoms with E-state index in [1.54, 1.807) is 5.38 Å². The maximum atomic E-state index is 13.7. The molecule has 0 radical (unpaired) electrons. The van der Waals surface area contributed by atoms with Crippen molar-refractivity contribution in [1.29, 1.82) is 0 Å². The largest absolute Gasteiger partial charge is 0.356 e. The second kappa shape index (κ2) is 6.25. The van der Waals surface area contributed by atoms with Crippen molar-refractivity contribution >= 4 is 17.2 Å². The molecule has 0 bridgehead atoms. The number of carbonyl (C=O) groups excluding carboxylic acids is 1. The van der Waals surface area contributed by atoms with E-state index in [0.29, 0.717) is 11.4 Å². The zero-order chi connectivity index (χ0) is 16.4. The van der Waals surface area contributed by atoms with Gasteiger partial charge in [-0.05, 0) is 19.1 Å². The number of hydrogen-bond acceptors (Lipinski definition) is 5. The maximum absolute atomic E-state index is 13.7. The SMILES string of the molecule is Cc1nc(C(=O)NCc2cc(-c3ccc(F)cc3F)on2)cs1. The lowest BCUT2D eigenvalue weighted by molar-refractivity contribution is 0.0945. The summed E-state index contributed by atoms with van der Waals surface area (Å²) in [6.45, 7) is 1.92. The van der Waals surface area contributed by atoms with Gasteiger partial charge in [-0.2, -0.15) is 0 Å². The number of aryl methyl sites for hydroxylation is 1. The summed E-state index contributed by atoms with van der Waals surface area (Å²) in [6, 6.07) is 4.66. The van der Waals surface area contributed by atoms with Gasteiger partial charge in [0.2, 0.25) is 0 Å². The van der Waals surface area contributed by atoms with Gasteiger partial charge in [0.05, 0.1) is 17.1 Å². The van der Waals surface area contributed by atoms with Crippen molar-refractivity contribution in [3.05, 3.63) is 57.7 Å². The van der Waals surface area contributed by atoms with Crippen LogP contribution in [0.1, 0.15) is 21.2 Å². The molecule has 0 aliphatic carbocycles.